The van der Waals surface area contributed by atoms with Crippen molar-refractivity contribution in [2.45, 2.75) is 11.6 Å². The Morgan fingerprint density at radius 2 is 2.25 bits per heavy atom. The van der Waals surface area contributed by atoms with E-state index in [1.165, 1.54) is 25.4 Å². The number of sulfonamides is 1. The molecule has 0 unspecified atom stereocenters. The highest BCUT2D eigenvalue weighted by Crippen LogP contribution is 2.28. The summed E-state index contributed by atoms with van der Waals surface area (Å²) in [6, 6.07) is 4.65. The summed E-state index contributed by atoms with van der Waals surface area (Å²) in [5.74, 6) is 0.482. The van der Waals surface area contributed by atoms with E-state index < -0.39 is 10.0 Å². The number of methoxy groups -OCH3 is 1. The first-order valence-electron chi connectivity index (χ1n) is 5.56. The van der Waals surface area contributed by atoms with E-state index in [2.05, 4.69) is 14.9 Å². The van der Waals surface area contributed by atoms with Crippen LogP contribution in [0.1, 0.15) is 5.56 Å². The van der Waals surface area contributed by atoms with Crippen molar-refractivity contribution in [3.05, 3.63) is 35.0 Å². The van der Waals surface area contributed by atoms with Crippen LogP contribution in [0, 0.1) is 0 Å². The van der Waals surface area contributed by atoms with Crippen LogP contribution in [0.4, 0.5) is 5.69 Å². The second-order valence-corrected chi connectivity index (χ2v) is 5.91. The Morgan fingerprint density at radius 3 is 2.90 bits per heavy atom. The number of nitrogens with zero attached hydrogens (tertiary/aromatic N) is 1. The molecule has 0 radical (unpaired) electrons. The molecule has 4 N–H and O–H groups in total. The zero-order valence-corrected chi connectivity index (χ0v) is 12.1. The fraction of sp³-hybridized carbons (Fsp3) is 0.182. The predicted octanol–water partition coefficient (Wildman–Crippen LogP) is 1.33. The third-order valence-electron chi connectivity index (χ3n) is 2.58. The molecular weight excluding hydrogens is 304 g/mol. The van der Waals surface area contributed by atoms with Crippen LogP contribution in [0.2, 0.25) is 5.02 Å². The molecule has 0 atom stereocenters. The minimum Gasteiger partial charge on any atom is -0.497 e. The summed E-state index contributed by atoms with van der Waals surface area (Å²) in [6.45, 7) is 0.0542. The van der Waals surface area contributed by atoms with Crippen LogP contribution in [0.25, 0.3) is 0 Å². The predicted molar refractivity (Wildman–Crippen MR) is 75.3 cm³/mol. The molecule has 0 aliphatic carbocycles. The van der Waals surface area contributed by atoms with E-state index in [0.717, 1.165) is 0 Å². The number of H-pyrrole nitrogens is 1. The molecule has 0 saturated carbocycles. The third kappa shape index (κ3) is 2.87. The molecule has 0 aliphatic rings. The van der Waals surface area contributed by atoms with Gasteiger partial charge in [0.25, 0.3) is 10.0 Å². The first-order valence-corrected chi connectivity index (χ1v) is 7.42. The zero-order valence-electron chi connectivity index (χ0n) is 10.6. The lowest BCUT2D eigenvalue weighted by Crippen LogP contribution is -2.16. The Hall–Kier alpha value is -1.77. The Morgan fingerprint density at radius 1 is 1.50 bits per heavy atom. The van der Waals surface area contributed by atoms with Crippen LogP contribution >= 0.6 is 11.6 Å². The zero-order chi connectivity index (χ0) is 14.8. The molecule has 9 heteroatoms. The first-order chi connectivity index (χ1) is 9.47. The summed E-state index contributed by atoms with van der Waals surface area (Å²) in [6.07, 6.45) is 1.36. The summed E-state index contributed by atoms with van der Waals surface area (Å²) in [4.78, 5) is 0. The molecule has 2 rings (SSSR count). The summed E-state index contributed by atoms with van der Waals surface area (Å²) < 4.78 is 31.9. The molecule has 108 valence electrons. The number of nitrogens with two attached hydrogens (primary N) is 1. The molecule has 0 amide bonds. The maximum absolute atomic E-state index is 12.3. The quantitative estimate of drug-likeness (QED) is 0.770. The van der Waals surface area contributed by atoms with Crippen molar-refractivity contribution in [3.8, 4) is 5.75 Å². The summed E-state index contributed by atoms with van der Waals surface area (Å²) in [5.41, 5.74) is 6.06. The highest BCUT2D eigenvalue weighted by atomic mass is 35.5. The van der Waals surface area contributed by atoms with Crippen molar-refractivity contribution in [2.24, 2.45) is 5.73 Å². The molecule has 1 heterocycles. The van der Waals surface area contributed by atoms with E-state index in [1.54, 1.807) is 6.07 Å². The van der Waals surface area contributed by atoms with Gasteiger partial charge in [0.1, 0.15) is 5.75 Å². The minimum atomic E-state index is -3.85. The second-order valence-electron chi connectivity index (χ2n) is 3.88. The van der Waals surface area contributed by atoms with E-state index in [1.807, 2.05) is 0 Å². The topological polar surface area (TPSA) is 110 Å². The molecule has 0 bridgehead atoms. The standard InChI is InChI=1S/C11H13ClN4O3S/c1-19-8-2-3-9(12)10(4-8)16-20(17,18)11-7(5-13)6-14-15-11/h2-4,6,16H,5,13H2,1H3,(H,14,15). The Bertz CT molecular complexity index is 714. The minimum absolute atomic E-state index is 0.0542. The average molecular weight is 317 g/mol. The molecule has 0 fully saturated rings. The number of hydrogen-bond acceptors (Lipinski definition) is 5. The van der Waals surface area contributed by atoms with Gasteiger partial charge in [-0.15, -0.1) is 0 Å². The fourth-order valence-electron chi connectivity index (χ4n) is 1.58. The normalized spacial score (nSPS) is 11.3. The number of ether oxygens (including phenoxy) is 1. The molecule has 1 aromatic carbocycles. The van der Waals surface area contributed by atoms with Crippen molar-refractivity contribution in [1.29, 1.82) is 0 Å². The summed E-state index contributed by atoms with van der Waals surface area (Å²) >= 11 is 5.96. The van der Waals surface area contributed by atoms with E-state index in [0.29, 0.717) is 11.3 Å². The Labute approximate surface area is 121 Å². The smallest absolute Gasteiger partial charge is 0.279 e. The van der Waals surface area contributed by atoms with Gasteiger partial charge in [-0.2, -0.15) is 13.5 Å². The molecule has 0 aliphatic heterocycles. The van der Waals surface area contributed by atoms with Crippen molar-refractivity contribution in [1.82, 2.24) is 10.2 Å². The van der Waals surface area contributed by atoms with Gasteiger partial charge in [-0.05, 0) is 12.1 Å². The number of halogens is 1. The van der Waals surface area contributed by atoms with Crippen LogP contribution in [0.5, 0.6) is 5.75 Å². The highest BCUT2D eigenvalue weighted by molar-refractivity contribution is 7.92. The van der Waals surface area contributed by atoms with Gasteiger partial charge < -0.3 is 10.5 Å². The van der Waals surface area contributed by atoms with E-state index >= 15 is 0 Å². The number of benzene rings is 1. The second kappa shape index (κ2) is 5.70. The molecule has 0 saturated heterocycles. The van der Waals surface area contributed by atoms with Gasteiger partial charge in [-0.3, -0.25) is 9.82 Å². The van der Waals surface area contributed by atoms with Crippen LogP contribution in [0.15, 0.2) is 29.4 Å². The van der Waals surface area contributed by atoms with E-state index in [-0.39, 0.29) is 22.3 Å². The largest absolute Gasteiger partial charge is 0.497 e. The van der Waals surface area contributed by atoms with Gasteiger partial charge in [0.2, 0.25) is 0 Å². The monoisotopic (exact) mass is 316 g/mol. The molecule has 2 aromatic rings. The van der Waals surface area contributed by atoms with Gasteiger partial charge in [0.15, 0.2) is 5.03 Å². The van der Waals surface area contributed by atoms with Gasteiger partial charge in [0.05, 0.1) is 24.0 Å². The average Bonchev–Trinajstić information content (AvgIpc) is 2.90. The van der Waals surface area contributed by atoms with Crippen molar-refractivity contribution < 1.29 is 13.2 Å². The summed E-state index contributed by atoms with van der Waals surface area (Å²) in [7, 11) is -2.37. The first kappa shape index (κ1) is 14.6. The maximum atomic E-state index is 12.3. The number of nitrogens with one attached hydrogen (secondary N) is 2. The van der Waals surface area contributed by atoms with Crippen molar-refractivity contribution in [2.75, 3.05) is 11.8 Å². The SMILES string of the molecule is COc1ccc(Cl)c(NS(=O)(=O)c2[nH]ncc2CN)c1. The van der Waals surface area contributed by atoms with Crippen LogP contribution < -0.4 is 15.2 Å². The van der Waals surface area contributed by atoms with E-state index in [9.17, 15) is 8.42 Å². The molecular formula is C11H13ClN4O3S. The number of hydrogen-bond donors (Lipinski definition) is 3. The van der Waals surface area contributed by atoms with Gasteiger partial charge in [-0.25, -0.2) is 0 Å². The lowest BCUT2D eigenvalue weighted by atomic mass is 10.3. The van der Waals surface area contributed by atoms with Crippen LogP contribution in [0.3, 0.4) is 0 Å². The van der Waals surface area contributed by atoms with E-state index in [4.69, 9.17) is 22.1 Å². The molecule has 1 aromatic heterocycles. The highest BCUT2D eigenvalue weighted by Gasteiger charge is 2.21. The Balaban J connectivity index is 2.38. The lowest BCUT2D eigenvalue weighted by Gasteiger charge is -2.10. The fourth-order valence-corrected chi connectivity index (χ4v) is 3.02. The van der Waals surface area contributed by atoms with Gasteiger partial charge in [0, 0.05) is 18.2 Å². The molecule has 20 heavy (non-hydrogen) atoms. The number of aromatic amines is 1. The maximum Gasteiger partial charge on any atom is 0.279 e. The lowest BCUT2D eigenvalue weighted by molar-refractivity contribution is 0.415. The van der Waals surface area contributed by atoms with Crippen LogP contribution in [-0.4, -0.2) is 25.7 Å². The van der Waals surface area contributed by atoms with Crippen LogP contribution in [-0.2, 0) is 16.6 Å². The number of anilines is 1. The third-order valence-corrected chi connectivity index (χ3v) is 4.29. The molecule has 0 spiro atoms. The number of aromatic nitrogens is 2. The van der Waals surface area contributed by atoms with Gasteiger partial charge in [-0.1, -0.05) is 11.6 Å². The van der Waals surface area contributed by atoms with Gasteiger partial charge >= 0.3 is 0 Å². The van der Waals surface area contributed by atoms with Crippen molar-refractivity contribution >= 4 is 27.3 Å². The molecule has 7 nitrogen and oxygen atoms in total. The Kier molecular flexibility index (Phi) is 4.17. The summed E-state index contributed by atoms with van der Waals surface area (Å²) in [5, 5.41) is 6.25. The van der Waals surface area contributed by atoms with Crippen molar-refractivity contribution in [3.63, 3.8) is 0 Å². The number of rotatable bonds is 5.